The topological polar surface area (TPSA) is 66.9 Å². The smallest absolute Gasteiger partial charge is 0.350 e. The van der Waals surface area contributed by atoms with E-state index in [4.69, 9.17) is 0 Å². The highest BCUT2D eigenvalue weighted by Crippen LogP contribution is 2.30. The van der Waals surface area contributed by atoms with Gasteiger partial charge in [0, 0.05) is 12.2 Å². The quantitative estimate of drug-likeness (QED) is 0.874. The fourth-order valence-electron chi connectivity index (χ4n) is 1.79. The summed E-state index contributed by atoms with van der Waals surface area (Å²) >= 11 is 0. The van der Waals surface area contributed by atoms with Crippen molar-refractivity contribution in [3.05, 3.63) is 47.9 Å². The molecule has 0 unspecified atom stereocenters. The van der Waals surface area contributed by atoms with Gasteiger partial charge in [0.05, 0.1) is 18.0 Å². The molecule has 1 amide bonds. The summed E-state index contributed by atoms with van der Waals surface area (Å²) in [5.74, 6) is 0.329. The Morgan fingerprint density at radius 2 is 1.79 bits per heavy atom. The van der Waals surface area contributed by atoms with E-state index in [-0.39, 0.29) is 11.6 Å². The molecular formula is C16H17F3N4O. The monoisotopic (exact) mass is 338 g/mol. The maximum Gasteiger partial charge on any atom is 0.416 e. The van der Waals surface area contributed by atoms with Crippen molar-refractivity contribution in [2.75, 3.05) is 11.9 Å². The van der Waals surface area contributed by atoms with Crippen LogP contribution in [0.4, 0.5) is 24.7 Å². The van der Waals surface area contributed by atoms with E-state index < -0.39 is 11.7 Å². The third-order valence-electron chi connectivity index (χ3n) is 3.04. The zero-order valence-electron chi connectivity index (χ0n) is 13.2. The molecule has 0 saturated carbocycles. The predicted octanol–water partition coefficient (Wildman–Crippen LogP) is 3.62. The normalized spacial score (nSPS) is 11.4. The first-order valence-corrected chi connectivity index (χ1v) is 7.30. The van der Waals surface area contributed by atoms with Gasteiger partial charge in [-0.3, -0.25) is 4.79 Å². The minimum absolute atomic E-state index is 0.175. The van der Waals surface area contributed by atoms with Crippen molar-refractivity contribution in [2.24, 2.45) is 5.92 Å². The van der Waals surface area contributed by atoms with Gasteiger partial charge in [0.15, 0.2) is 0 Å². The van der Waals surface area contributed by atoms with E-state index in [0.717, 1.165) is 12.1 Å². The minimum Gasteiger partial charge on any atom is -0.350 e. The average Bonchev–Trinajstić information content (AvgIpc) is 2.53. The summed E-state index contributed by atoms with van der Waals surface area (Å²) in [6.07, 6.45) is -1.71. The second-order valence-electron chi connectivity index (χ2n) is 5.59. The molecule has 128 valence electrons. The van der Waals surface area contributed by atoms with Crippen LogP contribution in [0.2, 0.25) is 0 Å². The molecule has 1 heterocycles. The van der Waals surface area contributed by atoms with Crippen LogP contribution in [0.25, 0.3) is 0 Å². The van der Waals surface area contributed by atoms with Crippen molar-refractivity contribution >= 4 is 17.4 Å². The number of hydrogen-bond acceptors (Lipinski definition) is 4. The van der Waals surface area contributed by atoms with Crippen molar-refractivity contribution in [1.29, 1.82) is 0 Å². The molecule has 2 rings (SSSR count). The van der Waals surface area contributed by atoms with Crippen molar-refractivity contribution < 1.29 is 18.0 Å². The predicted molar refractivity (Wildman–Crippen MR) is 83.9 cm³/mol. The molecule has 8 heteroatoms. The van der Waals surface area contributed by atoms with Gasteiger partial charge in [-0.15, -0.1) is 0 Å². The molecule has 0 bridgehead atoms. The molecule has 1 aromatic heterocycles. The van der Waals surface area contributed by atoms with E-state index in [1.54, 1.807) is 0 Å². The van der Waals surface area contributed by atoms with Gasteiger partial charge in [-0.1, -0.05) is 13.8 Å². The summed E-state index contributed by atoms with van der Waals surface area (Å²) in [6.45, 7) is 4.48. The van der Waals surface area contributed by atoms with Gasteiger partial charge in [0.25, 0.3) is 5.91 Å². The van der Waals surface area contributed by atoms with E-state index in [1.807, 2.05) is 13.8 Å². The number of halogens is 3. The summed E-state index contributed by atoms with van der Waals surface area (Å²) in [7, 11) is 0. The highest BCUT2D eigenvalue weighted by atomic mass is 19.4. The Hall–Kier alpha value is -2.64. The molecule has 0 aliphatic carbocycles. The second-order valence-corrected chi connectivity index (χ2v) is 5.59. The Labute approximate surface area is 137 Å². The van der Waals surface area contributed by atoms with Gasteiger partial charge < -0.3 is 10.6 Å². The molecule has 5 nitrogen and oxygen atoms in total. The highest BCUT2D eigenvalue weighted by Gasteiger charge is 2.29. The van der Waals surface area contributed by atoms with Crippen LogP contribution >= 0.6 is 0 Å². The van der Waals surface area contributed by atoms with Gasteiger partial charge in [-0.2, -0.15) is 13.2 Å². The standard InChI is InChI=1S/C16H17F3N4O/c1-10(2)7-22-15(24)13-8-21-14(9-20-13)23-12-5-3-11(4-6-12)16(17,18)19/h3-6,8-10H,7H2,1-2H3,(H,21,23)(H,22,24). The summed E-state index contributed by atoms with van der Waals surface area (Å²) in [5.41, 5.74) is -0.112. The number of anilines is 2. The Morgan fingerprint density at radius 1 is 1.12 bits per heavy atom. The number of benzene rings is 1. The zero-order chi connectivity index (χ0) is 17.7. The molecule has 0 fully saturated rings. The largest absolute Gasteiger partial charge is 0.416 e. The van der Waals surface area contributed by atoms with Crippen LogP contribution in [0.1, 0.15) is 29.9 Å². The summed E-state index contributed by atoms with van der Waals surface area (Å²) in [6, 6.07) is 4.55. The number of hydrogen-bond donors (Lipinski definition) is 2. The lowest BCUT2D eigenvalue weighted by atomic mass is 10.2. The Kier molecular flexibility index (Phi) is 5.38. The van der Waals surface area contributed by atoms with Gasteiger partial charge in [-0.25, -0.2) is 9.97 Å². The Bertz CT molecular complexity index is 682. The number of amides is 1. The lowest BCUT2D eigenvalue weighted by molar-refractivity contribution is -0.137. The van der Waals surface area contributed by atoms with Crippen LogP contribution < -0.4 is 10.6 Å². The van der Waals surface area contributed by atoms with E-state index in [1.165, 1.54) is 24.5 Å². The van der Waals surface area contributed by atoms with Gasteiger partial charge in [0.2, 0.25) is 0 Å². The summed E-state index contributed by atoms with van der Waals surface area (Å²) in [4.78, 5) is 19.8. The molecule has 0 aliphatic rings. The van der Waals surface area contributed by atoms with Crippen molar-refractivity contribution in [2.45, 2.75) is 20.0 Å². The van der Waals surface area contributed by atoms with Crippen molar-refractivity contribution in [3.63, 3.8) is 0 Å². The SMILES string of the molecule is CC(C)CNC(=O)c1cnc(Nc2ccc(C(F)(F)F)cc2)cn1. The first-order chi connectivity index (χ1) is 11.3. The van der Waals surface area contributed by atoms with Gasteiger partial charge in [-0.05, 0) is 30.2 Å². The maximum atomic E-state index is 12.5. The molecule has 0 atom stereocenters. The fourth-order valence-corrected chi connectivity index (χ4v) is 1.79. The lowest BCUT2D eigenvalue weighted by Gasteiger charge is -2.09. The van der Waals surface area contributed by atoms with Crippen LogP contribution in [0.15, 0.2) is 36.7 Å². The average molecular weight is 338 g/mol. The molecule has 0 saturated heterocycles. The molecule has 2 N–H and O–H groups in total. The second kappa shape index (κ2) is 7.29. The molecule has 0 aliphatic heterocycles. The van der Waals surface area contributed by atoms with Crippen LogP contribution in [0, 0.1) is 5.92 Å². The zero-order valence-corrected chi connectivity index (χ0v) is 13.2. The molecule has 24 heavy (non-hydrogen) atoms. The third kappa shape index (κ3) is 4.94. The van der Waals surface area contributed by atoms with Gasteiger partial charge >= 0.3 is 6.18 Å². The van der Waals surface area contributed by atoms with Crippen LogP contribution in [-0.4, -0.2) is 22.4 Å². The molecule has 1 aromatic carbocycles. The molecule has 2 aromatic rings. The van der Waals surface area contributed by atoms with E-state index in [9.17, 15) is 18.0 Å². The van der Waals surface area contributed by atoms with Crippen molar-refractivity contribution in [1.82, 2.24) is 15.3 Å². The Morgan fingerprint density at radius 3 is 2.29 bits per heavy atom. The summed E-state index contributed by atoms with van der Waals surface area (Å²) < 4.78 is 37.5. The fraction of sp³-hybridized carbons (Fsp3) is 0.312. The Balaban J connectivity index is 2.00. The first-order valence-electron chi connectivity index (χ1n) is 7.30. The highest BCUT2D eigenvalue weighted by molar-refractivity contribution is 5.92. The summed E-state index contributed by atoms with van der Waals surface area (Å²) in [5, 5.41) is 5.55. The van der Waals surface area contributed by atoms with Crippen LogP contribution in [-0.2, 0) is 6.18 Å². The minimum atomic E-state index is -4.37. The number of rotatable bonds is 5. The number of carbonyl (C=O) groups is 1. The maximum absolute atomic E-state index is 12.5. The third-order valence-corrected chi connectivity index (χ3v) is 3.04. The number of nitrogens with zero attached hydrogens (tertiary/aromatic N) is 2. The number of carbonyl (C=O) groups excluding carboxylic acids is 1. The van der Waals surface area contributed by atoms with Gasteiger partial charge in [0.1, 0.15) is 11.5 Å². The number of alkyl halides is 3. The number of nitrogens with one attached hydrogen (secondary N) is 2. The van der Waals surface area contributed by atoms with E-state index >= 15 is 0 Å². The number of aromatic nitrogens is 2. The first kappa shape index (κ1) is 17.7. The molecule has 0 radical (unpaired) electrons. The van der Waals surface area contributed by atoms with E-state index in [0.29, 0.717) is 24.0 Å². The van der Waals surface area contributed by atoms with Crippen LogP contribution in [0.3, 0.4) is 0 Å². The lowest BCUT2D eigenvalue weighted by Crippen LogP contribution is -2.28. The van der Waals surface area contributed by atoms with Crippen LogP contribution in [0.5, 0.6) is 0 Å². The van der Waals surface area contributed by atoms with E-state index in [2.05, 4.69) is 20.6 Å². The molecular weight excluding hydrogens is 321 g/mol. The van der Waals surface area contributed by atoms with Crippen molar-refractivity contribution in [3.8, 4) is 0 Å². The molecule has 0 spiro atoms.